The van der Waals surface area contributed by atoms with Crippen LogP contribution in [0.25, 0.3) is 5.70 Å². The Bertz CT molecular complexity index is 788. The fraction of sp³-hybridized carbons (Fsp3) is 0.118. The van der Waals surface area contributed by atoms with Crippen LogP contribution in [0.4, 0.5) is 20.6 Å². The number of hydrazine groups is 1. The lowest BCUT2D eigenvalue weighted by Gasteiger charge is -2.15. The number of carbonyl (C=O) groups is 1. The van der Waals surface area contributed by atoms with Gasteiger partial charge in [-0.15, -0.1) is 0 Å². The number of hydrogen-bond acceptors (Lipinski definition) is 4. The molecule has 0 aliphatic carbocycles. The van der Waals surface area contributed by atoms with E-state index in [-0.39, 0.29) is 5.69 Å². The molecular formula is C17H18FN5O. The van der Waals surface area contributed by atoms with Crippen molar-refractivity contribution < 1.29 is 9.18 Å². The topological polar surface area (TPSA) is 82.4 Å². The number of carbonyl (C=O) groups excluding carboxylic acids is 1. The molecule has 6 nitrogen and oxygen atoms in total. The van der Waals surface area contributed by atoms with Gasteiger partial charge in [-0.25, -0.2) is 15.0 Å². The molecule has 2 aromatic rings. The van der Waals surface area contributed by atoms with Gasteiger partial charge in [0.25, 0.3) is 0 Å². The van der Waals surface area contributed by atoms with Gasteiger partial charge >= 0.3 is 6.03 Å². The summed E-state index contributed by atoms with van der Waals surface area (Å²) in [5.41, 5.74) is 3.40. The molecular weight excluding hydrogens is 309 g/mol. The quantitative estimate of drug-likeness (QED) is 0.653. The van der Waals surface area contributed by atoms with Crippen LogP contribution in [0.2, 0.25) is 0 Å². The molecule has 124 valence electrons. The van der Waals surface area contributed by atoms with Crippen LogP contribution in [0.3, 0.4) is 0 Å². The number of urea groups is 1. The molecule has 0 radical (unpaired) electrons. The highest BCUT2D eigenvalue weighted by Crippen LogP contribution is 2.21. The summed E-state index contributed by atoms with van der Waals surface area (Å²) >= 11 is 0. The monoisotopic (exact) mass is 327 g/mol. The van der Waals surface area contributed by atoms with E-state index in [9.17, 15) is 9.18 Å². The second kappa shape index (κ2) is 6.59. The minimum Gasteiger partial charge on any atom is -0.371 e. The number of aryl methyl sites for hydroxylation is 1. The van der Waals surface area contributed by atoms with E-state index in [0.717, 1.165) is 16.8 Å². The van der Waals surface area contributed by atoms with Gasteiger partial charge in [-0.1, -0.05) is 18.2 Å². The molecule has 0 saturated heterocycles. The SMILES string of the molecule is Cc1ccc(F)c(NC(=O)Nc2ccc(C3=CNCN3N)cc2)c1. The maximum absolute atomic E-state index is 13.7. The third kappa shape index (κ3) is 3.47. The highest BCUT2D eigenvalue weighted by atomic mass is 19.1. The Labute approximate surface area is 139 Å². The Morgan fingerprint density at radius 1 is 1.21 bits per heavy atom. The van der Waals surface area contributed by atoms with Gasteiger partial charge in [-0.05, 0) is 36.8 Å². The molecule has 2 aromatic carbocycles. The molecule has 0 saturated carbocycles. The van der Waals surface area contributed by atoms with Gasteiger partial charge in [0.2, 0.25) is 0 Å². The Hall–Kier alpha value is -3.06. The lowest BCUT2D eigenvalue weighted by atomic mass is 10.1. The Morgan fingerprint density at radius 3 is 2.62 bits per heavy atom. The number of halogens is 1. The summed E-state index contributed by atoms with van der Waals surface area (Å²) in [4.78, 5) is 12.0. The zero-order valence-electron chi connectivity index (χ0n) is 13.1. The van der Waals surface area contributed by atoms with Crippen molar-refractivity contribution in [1.82, 2.24) is 10.3 Å². The van der Waals surface area contributed by atoms with E-state index in [1.165, 1.54) is 6.07 Å². The van der Waals surface area contributed by atoms with Crippen LogP contribution in [0.1, 0.15) is 11.1 Å². The molecule has 0 unspecified atom stereocenters. The maximum atomic E-state index is 13.7. The van der Waals surface area contributed by atoms with Crippen LogP contribution in [-0.4, -0.2) is 17.7 Å². The fourth-order valence-corrected chi connectivity index (χ4v) is 2.40. The largest absolute Gasteiger partial charge is 0.371 e. The van der Waals surface area contributed by atoms with E-state index in [0.29, 0.717) is 12.4 Å². The average molecular weight is 327 g/mol. The van der Waals surface area contributed by atoms with Crippen LogP contribution in [0.15, 0.2) is 48.7 Å². The highest BCUT2D eigenvalue weighted by Gasteiger charge is 2.13. The smallest absolute Gasteiger partial charge is 0.323 e. The predicted octanol–water partition coefficient (Wildman–Crippen LogP) is 2.81. The van der Waals surface area contributed by atoms with Crippen molar-refractivity contribution in [3.8, 4) is 0 Å². The van der Waals surface area contributed by atoms with Crippen molar-refractivity contribution in [2.75, 3.05) is 17.3 Å². The minimum atomic E-state index is -0.505. The molecule has 3 rings (SSSR count). The number of anilines is 2. The van der Waals surface area contributed by atoms with Crippen molar-refractivity contribution in [2.45, 2.75) is 6.92 Å². The first kappa shape index (κ1) is 15.8. The number of rotatable bonds is 3. The molecule has 0 bridgehead atoms. The first-order valence-corrected chi connectivity index (χ1v) is 7.43. The normalized spacial score (nSPS) is 13.3. The van der Waals surface area contributed by atoms with Crippen molar-refractivity contribution in [3.05, 3.63) is 65.6 Å². The first-order valence-electron chi connectivity index (χ1n) is 7.43. The summed E-state index contributed by atoms with van der Waals surface area (Å²) in [5.74, 6) is 5.35. The van der Waals surface area contributed by atoms with Crippen LogP contribution in [0, 0.1) is 12.7 Å². The van der Waals surface area contributed by atoms with E-state index in [4.69, 9.17) is 5.84 Å². The number of nitrogens with two attached hydrogens (primary N) is 1. The Morgan fingerprint density at radius 2 is 1.96 bits per heavy atom. The molecule has 24 heavy (non-hydrogen) atoms. The summed E-state index contributed by atoms with van der Waals surface area (Å²) in [6.07, 6.45) is 1.83. The van der Waals surface area contributed by atoms with E-state index in [1.54, 1.807) is 29.3 Å². The van der Waals surface area contributed by atoms with Crippen LogP contribution in [-0.2, 0) is 0 Å². The van der Waals surface area contributed by atoms with E-state index in [1.807, 2.05) is 25.3 Å². The van der Waals surface area contributed by atoms with E-state index >= 15 is 0 Å². The third-order valence-electron chi connectivity index (χ3n) is 3.62. The maximum Gasteiger partial charge on any atom is 0.323 e. The zero-order valence-corrected chi connectivity index (χ0v) is 13.1. The van der Waals surface area contributed by atoms with Crippen molar-refractivity contribution >= 4 is 23.1 Å². The molecule has 7 heteroatoms. The lowest BCUT2D eigenvalue weighted by Crippen LogP contribution is -2.29. The van der Waals surface area contributed by atoms with Crippen molar-refractivity contribution in [3.63, 3.8) is 0 Å². The average Bonchev–Trinajstić information content (AvgIpc) is 2.98. The molecule has 1 aliphatic heterocycles. The molecule has 2 amide bonds. The molecule has 0 fully saturated rings. The summed E-state index contributed by atoms with van der Waals surface area (Å²) in [6.45, 7) is 2.38. The van der Waals surface area contributed by atoms with E-state index < -0.39 is 11.8 Å². The van der Waals surface area contributed by atoms with Crippen LogP contribution < -0.4 is 21.8 Å². The predicted molar refractivity (Wildman–Crippen MR) is 92.2 cm³/mol. The first-order chi connectivity index (χ1) is 11.5. The van der Waals surface area contributed by atoms with Gasteiger partial charge in [0.15, 0.2) is 0 Å². The Kier molecular flexibility index (Phi) is 4.35. The van der Waals surface area contributed by atoms with Crippen LogP contribution >= 0.6 is 0 Å². The molecule has 1 heterocycles. The lowest BCUT2D eigenvalue weighted by molar-refractivity contribution is 0.262. The molecule has 0 atom stereocenters. The number of benzene rings is 2. The van der Waals surface area contributed by atoms with Gasteiger partial charge in [-0.3, -0.25) is 5.01 Å². The van der Waals surface area contributed by atoms with Crippen molar-refractivity contribution in [1.29, 1.82) is 0 Å². The number of hydrogen-bond donors (Lipinski definition) is 4. The second-order valence-electron chi connectivity index (χ2n) is 5.50. The summed E-state index contributed by atoms with van der Waals surface area (Å²) in [5, 5.41) is 9.79. The van der Waals surface area contributed by atoms with Gasteiger partial charge in [-0.2, -0.15) is 0 Å². The summed E-state index contributed by atoms with van der Waals surface area (Å²) in [6, 6.07) is 11.3. The molecule has 0 aromatic heterocycles. The number of amides is 2. The van der Waals surface area contributed by atoms with Crippen LogP contribution in [0.5, 0.6) is 0 Å². The minimum absolute atomic E-state index is 0.144. The Balaban J connectivity index is 1.65. The summed E-state index contributed by atoms with van der Waals surface area (Å²) < 4.78 is 13.7. The third-order valence-corrected chi connectivity index (χ3v) is 3.62. The summed E-state index contributed by atoms with van der Waals surface area (Å²) in [7, 11) is 0. The van der Waals surface area contributed by atoms with Gasteiger partial charge < -0.3 is 16.0 Å². The standard InChI is InChI=1S/C17H18FN5O/c1-11-2-7-14(18)15(8-11)22-17(24)21-13-5-3-12(4-6-13)16-9-20-10-23(16)19/h2-9,20H,10,19H2,1H3,(H2,21,22,24). The fourth-order valence-electron chi connectivity index (χ4n) is 2.40. The van der Waals surface area contributed by atoms with Gasteiger partial charge in [0.1, 0.15) is 12.5 Å². The second-order valence-corrected chi connectivity index (χ2v) is 5.50. The highest BCUT2D eigenvalue weighted by molar-refractivity contribution is 5.99. The number of nitrogens with zero attached hydrogens (tertiary/aromatic N) is 1. The van der Waals surface area contributed by atoms with E-state index in [2.05, 4.69) is 16.0 Å². The van der Waals surface area contributed by atoms with Crippen molar-refractivity contribution in [2.24, 2.45) is 5.84 Å². The molecule has 0 spiro atoms. The zero-order chi connectivity index (χ0) is 17.1. The molecule has 1 aliphatic rings. The van der Waals surface area contributed by atoms with Gasteiger partial charge in [0, 0.05) is 17.5 Å². The van der Waals surface area contributed by atoms with Gasteiger partial charge in [0.05, 0.1) is 11.4 Å². The number of nitrogens with one attached hydrogen (secondary N) is 3. The molecule has 5 N–H and O–H groups in total.